The number of benzene rings is 2. The number of nitrogens with zero attached hydrogens (tertiary/aromatic N) is 1. The van der Waals surface area contributed by atoms with Crippen LogP contribution in [0.5, 0.6) is 0 Å². The van der Waals surface area contributed by atoms with Gasteiger partial charge >= 0.3 is 0 Å². The largest absolute Gasteiger partial charge is 0.326 e. The monoisotopic (exact) mass is 359 g/mol. The van der Waals surface area contributed by atoms with Crippen LogP contribution in [0, 0.1) is 11.3 Å². The van der Waals surface area contributed by atoms with E-state index in [0.29, 0.717) is 29.2 Å². The third-order valence-corrected chi connectivity index (χ3v) is 4.51. The Bertz CT molecular complexity index is 1090. The van der Waals surface area contributed by atoms with Gasteiger partial charge in [-0.3, -0.25) is 9.59 Å². The quantitative estimate of drug-likeness (QED) is 0.719. The van der Waals surface area contributed by atoms with Gasteiger partial charge in [0.05, 0.1) is 11.6 Å². The van der Waals surface area contributed by atoms with Gasteiger partial charge in [-0.15, -0.1) is 0 Å². The van der Waals surface area contributed by atoms with Gasteiger partial charge in [0, 0.05) is 23.2 Å². The van der Waals surface area contributed by atoms with Gasteiger partial charge in [-0.25, -0.2) is 0 Å². The highest BCUT2D eigenvalue weighted by Crippen LogP contribution is 2.20. The number of aryl methyl sites for hydroxylation is 1. The first-order chi connectivity index (χ1) is 13.0. The van der Waals surface area contributed by atoms with Crippen molar-refractivity contribution in [2.75, 3.05) is 5.32 Å². The van der Waals surface area contributed by atoms with E-state index in [2.05, 4.69) is 30.2 Å². The minimum atomic E-state index is -0.194. The lowest BCUT2D eigenvalue weighted by Crippen LogP contribution is -2.17. The number of hydrogen-bond acceptors (Lipinski definition) is 3. The molecule has 1 aromatic heterocycles. The van der Waals surface area contributed by atoms with E-state index in [9.17, 15) is 9.59 Å². The Morgan fingerprint density at radius 2 is 2.00 bits per heavy atom. The Morgan fingerprint density at radius 1 is 1.19 bits per heavy atom. The molecule has 2 N–H and O–H groups in total. The Morgan fingerprint density at radius 3 is 2.74 bits per heavy atom. The predicted molar refractivity (Wildman–Crippen MR) is 107 cm³/mol. The van der Waals surface area contributed by atoms with Gasteiger partial charge < -0.3 is 10.3 Å². The highest BCUT2D eigenvalue weighted by Gasteiger charge is 2.09. The van der Waals surface area contributed by atoms with Crippen molar-refractivity contribution in [1.29, 1.82) is 5.26 Å². The van der Waals surface area contributed by atoms with E-state index in [-0.39, 0.29) is 17.9 Å². The van der Waals surface area contributed by atoms with Crippen LogP contribution in [0.3, 0.4) is 0 Å². The summed E-state index contributed by atoms with van der Waals surface area (Å²) in [5, 5.41) is 12.7. The second-order valence-corrected chi connectivity index (χ2v) is 6.87. The molecule has 0 spiro atoms. The standard InChI is InChI=1S/C22H21N3O2/c1-14(2)16-6-8-20-18(11-16)12-17(22(27)25-20)7-9-21(26)24-19-5-3-4-15(10-19)13-23/h3-6,8,10-12,14H,7,9H2,1-2H3,(H,24,26)(H,25,27). The molecule has 0 aliphatic heterocycles. The predicted octanol–water partition coefficient (Wildman–Crippen LogP) is 4.09. The number of hydrogen-bond donors (Lipinski definition) is 2. The van der Waals surface area contributed by atoms with Crippen LogP contribution < -0.4 is 10.9 Å². The molecule has 1 amide bonds. The fraction of sp³-hybridized carbons (Fsp3) is 0.227. The Balaban J connectivity index is 1.73. The molecule has 0 saturated heterocycles. The second-order valence-electron chi connectivity index (χ2n) is 6.87. The van der Waals surface area contributed by atoms with Crippen LogP contribution in [0.4, 0.5) is 5.69 Å². The summed E-state index contributed by atoms with van der Waals surface area (Å²) in [5.41, 5.74) is 3.48. The van der Waals surface area contributed by atoms with Crippen molar-refractivity contribution in [3.05, 3.63) is 75.6 Å². The number of carbonyl (C=O) groups is 1. The van der Waals surface area contributed by atoms with Crippen LogP contribution >= 0.6 is 0 Å². The number of amides is 1. The molecule has 1 heterocycles. The molecule has 27 heavy (non-hydrogen) atoms. The molecule has 0 fully saturated rings. The first kappa shape index (κ1) is 18.4. The Hall–Kier alpha value is -3.39. The average Bonchev–Trinajstić information content (AvgIpc) is 2.66. The maximum atomic E-state index is 12.3. The summed E-state index contributed by atoms with van der Waals surface area (Å²) in [6, 6.07) is 16.7. The molecule has 2 aromatic carbocycles. The molecule has 0 atom stereocenters. The zero-order chi connectivity index (χ0) is 19.4. The lowest BCUT2D eigenvalue weighted by molar-refractivity contribution is -0.116. The second kappa shape index (κ2) is 7.88. The summed E-state index contributed by atoms with van der Waals surface area (Å²) in [7, 11) is 0. The third-order valence-electron chi connectivity index (χ3n) is 4.51. The van der Waals surface area contributed by atoms with Crippen LogP contribution in [-0.2, 0) is 11.2 Å². The molecule has 5 heteroatoms. The van der Waals surface area contributed by atoms with Crippen molar-refractivity contribution < 1.29 is 4.79 Å². The summed E-state index contributed by atoms with van der Waals surface area (Å²) in [5.74, 6) is 0.209. The van der Waals surface area contributed by atoms with Gasteiger partial charge in [-0.1, -0.05) is 26.0 Å². The highest BCUT2D eigenvalue weighted by molar-refractivity contribution is 5.91. The van der Waals surface area contributed by atoms with Crippen molar-refractivity contribution in [2.45, 2.75) is 32.6 Å². The van der Waals surface area contributed by atoms with Crippen LogP contribution in [0.1, 0.15) is 42.9 Å². The van der Waals surface area contributed by atoms with Gasteiger partial charge in [0.25, 0.3) is 5.56 Å². The number of aromatic nitrogens is 1. The molecule has 3 rings (SSSR count). The minimum absolute atomic E-state index is 0.168. The molecule has 3 aromatic rings. The molecular formula is C22H21N3O2. The van der Waals surface area contributed by atoms with Gasteiger partial charge in [0.15, 0.2) is 0 Å². The Labute approximate surface area is 157 Å². The van der Waals surface area contributed by atoms with Crippen LogP contribution in [0.2, 0.25) is 0 Å². The molecule has 0 saturated carbocycles. The van der Waals surface area contributed by atoms with Gasteiger partial charge in [0.1, 0.15) is 0 Å². The lowest BCUT2D eigenvalue weighted by Gasteiger charge is -2.09. The zero-order valence-electron chi connectivity index (χ0n) is 15.4. The number of anilines is 1. The number of carbonyl (C=O) groups excluding carboxylic acids is 1. The number of pyridine rings is 1. The van der Waals surface area contributed by atoms with Gasteiger partial charge in [-0.2, -0.15) is 5.26 Å². The van der Waals surface area contributed by atoms with Crippen molar-refractivity contribution in [1.82, 2.24) is 4.98 Å². The van der Waals surface area contributed by atoms with Crippen molar-refractivity contribution in [2.24, 2.45) is 0 Å². The van der Waals surface area contributed by atoms with E-state index in [1.807, 2.05) is 24.3 Å². The van der Waals surface area contributed by atoms with Gasteiger partial charge in [0.2, 0.25) is 5.91 Å². The van der Waals surface area contributed by atoms with E-state index in [1.54, 1.807) is 24.3 Å². The normalized spacial score (nSPS) is 10.7. The molecule has 0 radical (unpaired) electrons. The highest BCUT2D eigenvalue weighted by atomic mass is 16.1. The molecule has 0 unspecified atom stereocenters. The summed E-state index contributed by atoms with van der Waals surface area (Å²) >= 11 is 0. The van der Waals surface area contributed by atoms with Crippen molar-refractivity contribution in [3.8, 4) is 6.07 Å². The maximum absolute atomic E-state index is 12.3. The summed E-state index contributed by atoms with van der Waals surface area (Å²) in [6.07, 6.45) is 0.538. The molecule has 136 valence electrons. The molecule has 0 aliphatic rings. The first-order valence-electron chi connectivity index (χ1n) is 8.92. The summed E-state index contributed by atoms with van der Waals surface area (Å²) in [4.78, 5) is 27.4. The molecule has 0 bridgehead atoms. The smallest absolute Gasteiger partial charge is 0.251 e. The lowest BCUT2D eigenvalue weighted by atomic mass is 10.00. The number of H-pyrrole nitrogens is 1. The average molecular weight is 359 g/mol. The fourth-order valence-corrected chi connectivity index (χ4v) is 2.95. The SMILES string of the molecule is CC(C)c1ccc2[nH]c(=O)c(CCC(=O)Nc3cccc(C#N)c3)cc2c1. The first-order valence-corrected chi connectivity index (χ1v) is 8.92. The van der Waals surface area contributed by atoms with Crippen molar-refractivity contribution >= 4 is 22.5 Å². The summed E-state index contributed by atoms with van der Waals surface area (Å²) < 4.78 is 0. The molecule has 5 nitrogen and oxygen atoms in total. The number of aromatic amines is 1. The maximum Gasteiger partial charge on any atom is 0.251 e. The van der Waals surface area contributed by atoms with Crippen LogP contribution in [0.15, 0.2) is 53.3 Å². The number of nitriles is 1. The molecular weight excluding hydrogens is 338 g/mol. The number of fused-ring (bicyclic) bond motifs is 1. The van der Waals surface area contributed by atoms with E-state index in [1.165, 1.54) is 5.56 Å². The molecule has 0 aliphatic carbocycles. The van der Waals surface area contributed by atoms with E-state index in [4.69, 9.17) is 5.26 Å². The topological polar surface area (TPSA) is 85.8 Å². The minimum Gasteiger partial charge on any atom is -0.326 e. The third kappa shape index (κ3) is 4.42. The van der Waals surface area contributed by atoms with Crippen LogP contribution in [-0.4, -0.2) is 10.9 Å². The Kier molecular flexibility index (Phi) is 5.37. The number of nitrogens with one attached hydrogen (secondary N) is 2. The van der Waals surface area contributed by atoms with E-state index >= 15 is 0 Å². The van der Waals surface area contributed by atoms with Crippen LogP contribution in [0.25, 0.3) is 10.9 Å². The number of rotatable bonds is 5. The van der Waals surface area contributed by atoms with E-state index < -0.39 is 0 Å². The summed E-state index contributed by atoms with van der Waals surface area (Å²) in [6.45, 7) is 4.25. The zero-order valence-corrected chi connectivity index (χ0v) is 15.4. The van der Waals surface area contributed by atoms with E-state index in [0.717, 1.165) is 10.9 Å². The van der Waals surface area contributed by atoms with Crippen molar-refractivity contribution in [3.63, 3.8) is 0 Å². The van der Waals surface area contributed by atoms with Gasteiger partial charge in [-0.05, 0) is 59.7 Å². The fourth-order valence-electron chi connectivity index (χ4n) is 2.95.